The first-order valence-electron chi connectivity index (χ1n) is 5.96. The van der Waals surface area contributed by atoms with Crippen LogP contribution < -0.4 is 5.32 Å². The van der Waals surface area contributed by atoms with E-state index in [9.17, 15) is 0 Å². The molecule has 88 valence electrons. The second kappa shape index (κ2) is 5.80. The number of nitrogens with zero attached hydrogens (tertiary/aromatic N) is 1. The fourth-order valence-corrected chi connectivity index (χ4v) is 2.32. The maximum absolute atomic E-state index is 5.62. The van der Waals surface area contributed by atoms with Gasteiger partial charge in [-0.05, 0) is 19.9 Å². The maximum Gasteiger partial charge on any atom is 0.0702 e. The van der Waals surface area contributed by atoms with Crippen LogP contribution in [0.2, 0.25) is 0 Å². The number of likely N-dealkylation sites (N-methyl/N-ethyl adjacent to an activating group) is 1. The van der Waals surface area contributed by atoms with Crippen LogP contribution in [0.5, 0.6) is 0 Å². The Morgan fingerprint density at radius 2 is 2.27 bits per heavy atom. The highest BCUT2D eigenvalue weighted by Crippen LogP contribution is 2.12. The number of ether oxygens (including phenoxy) is 2. The second-order valence-corrected chi connectivity index (χ2v) is 4.58. The van der Waals surface area contributed by atoms with E-state index in [-0.39, 0.29) is 0 Å². The van der Waals surface area contributed by atoms with Crippen LogP contribution in [0.25, 0.3) is 0 Å². The predicted molar refractivity (Wildman–Crippen MR) is 59.1 cm³/mol. The van der Waals surface area contributed by atoms with Crippen LogP contribution in [-0.4, -0.2) is 63.5 Å². The van der Waals surface area contributed by atoms with Gasteiger partial charge in [0.2, 0.25) is 0 Å². The Morgan fingerprint density at radius 3 is 2.93 bits per heavy atom. The molecule has 15 heavy (non-hydrogen) atoms. The Bertz CT molecular complexity index is 177. The van der Waals surface area contributed by atoms with Crippen LogP contribution in [0.1, 0.15) is 12.8 Å². The lowest BCUT2D eigenvalue weighted by atomic mass is 10.2. The van der Waals surface area contributed by atoms with Crippen LogP contribution in [0.4, 0.5) is 0 Å². The molecule has 2 saturated heterocycles. The number of nitrogens with one attached hydrogen (secondary N) is 1. The van der Waals surface area contributed by atoms with Crippen LogP contribution in [0.3, 0.4) is 0 Å². The van der Waals surface area contributed by atoms with Gasteiger partial charge in [0.15, 0.2) is 0 Å². The predicted octanol–water partition coefficient (Wildman–Crippen LogP) is 0.0856. The van der Waals surface area contributed by atoms with Crippen molar-refractivity contribution in [3.8, 4) is 0 Å². The smallest absolute Gasteiger partial charge is 0.0702 e. The van der Waals surface area contributed by atoms with Gasteiger partial charge in [-0.2, -0.15) is 0 Å². The summed E-state index contributed by atoms with van der Waals surface area (Å²) < 4.78 is 11.1. The zero-order chi connectivity index (χ0) is 10.5. The van der Waals surface area contributed by atoms with Gasteiger partial charge in [-0.3, -0.25) is 0 Å². The summed E-state index contributed by atoms with van der Waals surface area (Å²) in [7, 11) is 2.16. The third-order valence-electron chi connectivity index (χ3n) is 3.07. The van der Waals surface area contributed by atoms with Crippen molar-refractivity contribution in [1.29, 1.82) is 0 Å². The summed E-state index contributed by atoms with van der Waals surface area (Å²) in [6.45, 7) is 5.74. The molecule has 2 rings (SSSR count). The van der Waals surface area contributed by atoms with E-state index >= 15 is 0 Å². The lowest BCUT2D eigenvalue weighted by molar-refractivity contribution is 0.0482. The fourth-order valence-electron chi connectivity index (χ4n) is 2.32. The molecule has 2 heterocycles. The molecule has 0 aromatic rings. The van der Waals surface area contributed by atoms with Gasteiger partial charge < -0.3 is 19.7 Å². The first-order valence-corrected chi connectivity index (χ1v) is 5.96. The third-order valence-corrected chi connectivity index (χ3v) is 3.07. The van der Waals surface area contributed by atoms with Crippen molar-refractivity contribution in [3.05, 3.63) is 0 Å². The molecule has 0 aromatic heterocycles. The average Bonchev–Trinajstić information content (AvgIpc) is 2.71. The zero-order valence-corrected chi connectivity index (χ0v) is 9.58. The van der Waals surface area contributed by atoms with Gasteiger partial charge in [0.05, 0.1) is 19.3 Å². The Hall–Kier alpha value is -0.160. The number of hydrogen-bond acceptors (Lipinski definition) is 4. The highest BCUT2D eigenvalue weighted by Gasteiger charge is 2.20. The van der Waals surface area contributed by atoms with Crippen molar-refractivity contribution < 1.29 is 9.47 Å². The first-order chi connectivity index (χ1) is 7.34. The molecular weight excluding hydrogens is 192 g/mol. The lowest BCUT2D eigenvalue weighted by Gasteiger charge is -2.29. The molecule has 0 amide bonds. The van der Waals surface area contributed by atoms with Gasteiger partial charge in [0.1, 0.15) is 0 Å². The summed E-state index contributed by atoms with van der Waals surface area (Å²) in [5.41, 5.74) is 0. The minimum absolute atomic E-state index is 0.458. The van der Waals surface area contributed by atoms with Crippen molar-refractivity contribution in [1.82, 2.24) is 10.2 Å². The fraction of sp³-hybridized carbons (Fsp3) is 1.00. The SMILES string of the molecule is CN(CC1COCCN1)CC1CCCO1. The van der Waals surface area contributed by atoms with Crippen molar-refractivity contribution in [2.75, 3.05) is 46.5 Å². The molecule has 2 atom stereocenters. The topological polar surface area (TPSA) is 33.7 Å². The molecule has 2 unspecified atom stereocenters. The molecule has 4 heteroatoms. The Kier molecular flexibility index (Phi) is 4.38. The average molecular weight is 214 g/mol. The van der Waals surface area contributed by atoms with Crippen molar-refractivity contribution >= 4 is 0 Å². The summed E-state index contributed by atoms with van der Waals surface area (Å²) >= 11 is 0. The van der Waals surface area contributed by atoms with Crippen molar-refractivity contribution in [2.45, 2.75) is 25.0 Å². The van der Waals surface area contributed by atoms with Gasteiger partial charge in [0.25, 0.3) is 0 Å². The number of morpholine rings is 1. The Labute approximate surface area is 91.9 Å². The van der Waals surface area contributed by atoms with Gasteiger partial charge in [-0.1, -0.05) is 0 Å². The van der Waals surface area contributed by atoms with Gasteiger partial charge >= 0.3 is 0 Å². The second-order valence-electron chi connectivity index (χ2n) is 4.58. The van der Waals surface area contributed by atoms with E-state index in [2.05, 4.69) is 17.3 Å². The van der Waals surface area contributed by atoms with Crippen LogP contribution >= 0.6 is 0 Å². The molecule has 1 N–H and O–H groups in total. The van der Waals surface area contributed by atoms with E-state index in [1.165, 1.54) is 12.8 Å². The van der Waals surface area contributed by atoms with E-state index in [1.807, 2.05) is 0 Å². The molecule has 0 radical (unpaired) electrons. The molecule has 0 saturated carbocycles. The molecule has 0 aromatic carbocycles. The maximum atomic E-state index is 5.62. The Balaban J connectivity index is 1.64. The molecule has 2 fully saturated rings. The van der Waals surface area contributed by atoms with Crippen LogP contribution in [0, 0.1) is 0 Å². The molecule has 2 aliphatic heterocycles. The summed E-state index contributed by atoms with van der Waals surface area (Å²) in [4.78, 5) is 2.35. The Morgan fingerprint density at radius 1 is 1.33 bits per heavy atom. The van der Waals surface area contributed by atoms with Gasteiger partial charge in [-0.25, -0.2) is 0 Å². The quantitative estimate of drug-likeness (QED) is 0.719. The molecule has 2 aliphatic rings. The van der Waals surface area contributed by atoms with E-state index < -0.39 is 0 Å². The lowest BCUT2D eigenvalue weighted by Crippen LogP contribution is -2.48. The molecule has 0 spiro atoms. The van der Waals surface area contributed by atoms with E-state index in [4.69, 9.17) is 9.47 Å². The highest BCUT2D eigenvalue weighted by molar-refractivity contribution is 4.76. The van der Waals surface area contributed by atoms with Gasteiger partial charge in [-0.15, -0.1) is 0 Å². The minimum atomic E-state index is 0.458. The van der Waals surface area contributed by atoms with Crippen LogP contribution in [-0.2, 0) is 9.47 Å². The summed E-state index contributed by atoms with van der Waals surface area (Å²) in [6.07, 6.45) is 2.90. The molecule has 4 nitrogen and oxygen atoms in total. The summed E-state index contributed by atoms with van der Waals surface area (Å²) in [6, 6.07) is 0.491. The van der Waals surface area contributed by atoms with Crippen molar-refractivity contribution in [2.24, 2.45) is 0 Å². The minimum Gasteiger partial charge on any atom is -0.378 e. The van der Waals surface area contributed by atoms with Gasteiger partial charge in [0, 0.05) is 32.3 Å². The number of hydrogen-bond donors (Lipinski definition) is 1. The normalized spacial score (nSPS) is 32.4. The van der Waals surface area contributed by atoms with E-state index in [0.29, 0.717) is 12.1 Å². The molecular formula is C11H22N2O2. The largest absolute Gasteiger partial charge is 0.378 e. The molecule has 0 bridgehead atoms. The third kappa shape index (κ3) is 3.72. The van der Waals surface area contributed by atoms with E-state index in [1.54, 1.807) is 0 Å². The standard InChI is InChI=1S/C11H22N2O2/c1-13(8-11-3-2-5-15-11)7-10-9-14-6-4-12-10/h10-12H,2-9H2,1H3. The van der Waals surface area contributed by atoms with Crippen LogP contribution in [0.15, 0.2) is 0 Å². The summed E-state index contributed by atoms with van der Waals surface area (Å²) in [5, 5.41) is 3.47. The first kappa shape index (κ1) is 11.3. The summed E-state index contributed by atoms with van der Waals surface area (Å²) in [5.74, 6) is 0. The van der Waals surface area contributed by atoms with E-state index in [0.717, 1.165) is 39.5 Å². The number of rotatable bonds is 4. The monoisotopic (exact) mass is 214 g/mol. The molecule has 0 aliphatic carbocycles. The van der Waals surface area contributed by atoms with Crippen molar-refractivity contribution in [3.63, 3.8) is 0 Å². The highest BCUT2D eigenvalue weighted by atomic mass is 16.5. The zero-order valence-electron chi connectivity index (χ0n) is 9.58.